The monoisotopic (exact) mass is 350 g/mol. The first-order chi connectivity index (χ1) is 13.1. The predicted molar refractivity (Wildman–Crippen MR) is 113 cm³/mol. The minimum absolute atomic E-state index is 1.10. The van der Waals surface area contributed by atoms with Crippen LogP contribution in [0, 0.1) is 13.8 Å². The van der Waals surface area contributed by atoms with Gasteiger partial charge in [-0.05, 0) is 70.8 Å². The fourth-order valence-electron chi connectivity index (χ4n) is 4.64. The molecule has 0 amide bonds. The standard InChI is InChI=1S/C26H24N/c1-17-14-15-27(3)24(16-17)25-18(2)8-12-23-22(25)13-11-20-10-9-19-6-4-5-7-21(19)26(20)23/h4-10,12,14-16H,11,13H2,1-3H3/q+1. The molecule has 0 saturated carbocycles. The molecule has 3 aromatic carbocycles. The molecular formula is C26H24N+. The maximum Gasteiger partial charge on any atom is 0.213 e. The van der Waals surface area contributed by atoms with Crippen molar-refractivity contribution in [1.29, 1.82) is 0 Å². The number of aromatic nitrogens is 1. The number of benzene rings is 3. The molecule has 0 radical (unpaired) electrons. The van der Waals surface area contributed by atoms with Gasteiger partial charge in [0.25, 0.3) is 0 Å². The Morgan fingerprint density at radius 1 is 0.815 bits per heavy atom. The Morgan fingerprint density at radius 3 is 2.56 bits per heavy atom. The van der Waals surface area contributed by atoms with Gasteiger partial charge in [0.1, 0.15) is 7.05 Å². The van der Waals surface area contributed by atoms with Gasteiger partial charge >= 0.3 is 0 Å². The van der Waals surface area contributed by atoms with E-state index in [1.165, 1.54) is 55.4 Å². The molecule has 5 rings (SSSR count). The van der Waals surface area contributed by atoms with Crippen LogP contribution in [-0.2, 0) is 19.9 Å². The third kappa shape index (κ3) is 2.49. The van der Waals surface area contributed by atoms with Crippen molar-refractivity contribution < 1.29 is 4.57 Å². The van der Waals surface area contributed by atoms with E-state index in [2.05, 4.69) is 92.3 Å². The largest absolute Gasteiger partial charge is 0.213 e. The maximum atomic E-state index is 2.34. The lowest BCUT2D eigenvalue weighted by Crippen LogP contribution is -2.31. The van der Waals surface area contributed by atoms with Crippen LogP contribution in [0.2, 0.25) is 0 Å². The van der Waals surface area contributed by atoms with Crippen LogP contribution in [0.3, 0.4) is 0 Å². The quantitative estimate of drug-likeness (QED) is 0.387. The van der Waals surface area contributed by atoms with Crippen LogP contribution in [-0.4, -0.2) is 0 Å². The summed E-state index contributed by atoms with van der Waals surface area (Å²) in [7, 11) is 2.15. The molecule has 27 heavy (non-hydrogen) atoms. The van der Waals surface area contributed by atoms with Gasteiger partial charge in [-0.25, -0.2) is 4.57 Å². The molecule has 0 aliphatic heterocycles. The number of aryl methyl sites for hydroxylation is 4. The third-order valence-electron chi connectivity index (χ3n) is 6.01. The van der Waals surface area contributed by atoms with Gasteiger partial charge in [-0.15, -0.1) is 0 Å². The van der Waals surface area contributed by atoms with Crippen molar-refractivity contribution >= 4 is 10.8 Å². The molecule has 0 fully saturated rings. The highest BCUT2D eigenvalue weighted by Crippen LogP contribution is 2.42. The smallest absolute Gasteiger partial charge is 0.201 e. The Hall–Kier alpha value is -2.93. The van der Waals surface area contributed by atoms with Crippen LogP contribution in [0.5, 0.6) is 0 Å². The maximum absolute atomic E-state index is 2.34. The van der Waals surface area contributed by atoms with Gasteiger partial charge in [-0.3, -0.25) is 0 Å². The van der Waals surface area contributed by atoms with Gasteiger partial charge in [0.15, 0.2) is 6.20 Å². The molecule has 0 N–H and O–H groups in total. The summed E-state index contributed by atoms with van der Waals surface area (Å²) in [5.74, 6) is 0. The number of hydrogen-bond acceptors (Lipinski definition) is 0. The molecule has 132 valence electrons. The molecular weight excluding hydrogens is 326 g/mol. The fourth-order valence-corrected chi connectivity index (χ4v) is 4.64. The summed E-state index contributed by atoms with van der Waals surface area (Å²) in [6.45, 7) is 4.42. The van der Waals surface area contributed by atoms with Crippen molar-refractivity contribution in [3.05, 3.63) is 89.1 Å². The first-order valence-corrected chi connectivity index (χ1v) is 9.73. The van der Waals surface area contributed by atoms with E-state index in [9.17, 15) is 0 Å². The van der Waals surface area contributed by atoms with E-state index in [0.29, 0.717) is 0 Å². The average molecular weight is 350 g/mol. The van der Waals surface area contributed by atoms with Crippen LogP contribution in [0.25, 0.3) is 33.2 Å². The Labute approximate surface area is 160 Å². The summed E-state index contributed by atoms with van der Waals surface area (Å²) in [6, 6.07) is 22.5. The Balaban J connectivity index is 1.86. The second kappa shape index (κ2) is 6.06. The summed E-state index contributed by atoms with van der Waals surface area (Å²) in [6.07, 6.45) is 4.39. The van der Waals surface area contributed by atoms with Crippen LogP contribution >= 0.6 is 0 Å². The Kier molecular flexibility index (Phi) is 3.65. The zero-order valence-electron chi connectivity index (χ0n) is 16.2. The molecule has 1 aliphatic carbocycles. The van der Waals surface area contributed by atoms with Gasteiger partial charge < -0.3 is 0 Å². The number of rotatable bonds is 1. The summed E-state index contributed by atoms with van der Waals surface area (Å²) in [5, 5.41) is 2.70. The first kappa shape index (κ1) is 16.3. The van der Waals surface area contributed by atoms with E-state index in [-0.39, 0.29) is 0 Å². The van der Waals surface area contributed by atoms with Crippen molar-refractivity contribution in [2.45, 2.75) is 26.7 Å². The van der Waals surface area contributed by atoms with E-state index in [0.717, 1.165) is 12.8 Å². The molecule has 0 saturated heterocycles. The number of nitrogens with zero attached hydrogens (tertiary/aromatic N) is 1. The molecule has 0 unspecified atom stereocenters. The van der Waals surface area contributed by atoms with E-state index in [1.807, 2.05) is 0 Å². The molecule has 1 heterocycles. The van der Waals surface area contributed by atoms with E-state index < -0.39 is 0 Å². The van der Waals surface area contributed by atoms with Crippen molar-refractivity contribution in [3.63, 3.8) is 0 Å². The SMILES string of the molecule is Cc1cc[n+](C)c(-c2c(C)ccc3c2CCc2ccc4ccccc4c2-3)c1. The van der Waals surface area contributed by atoms with Crippen molar-refractivity contribution in [2.24, 2.45) is 7.05 Å². The summed E-state index contributed by atoms with van der Waals surface area (Å²) in [5.41, 5.74) is 11.2. The molecule has 1 nitrogen and oxygen atoms in total. The summed E-state index contributed by atoms with van der Waals surface area (Å²) >= 11 is 0. The summed E-state index contributed by atoms with van der Waals surface area (Å²) < 4.78 is 2.26. The molecule has 1 aromatic heterocycles. The van der Waals surface area contributed by atoms with Crippen LogP contribution < -0.4 is 4.57 Å². The van der Waals surface area contributed by atoms with Gasteiger partial charge in [-0.1, -0.05) is 48.5 Å². The van der Waals surface area contributed by atoms with Crippen LogP contribution in [0.4, 0.5) is 0 Å². The highest BCUT2D eigenvalue weighted by molar-refractivity contribution is 6.00. The zero-order valence-corrected chi connectivity index (χ0v) is 16.2. The second-order valence-electron chi connectivity index (χ2n) is 7.80. The Bertz CT molecular complexity index is 1200. The van der Waals surface area contributed by atoms with Crippen molar-refractivity contribution in [3.8, 4) is 22.4 Å². The van der Waals surface area contributed by atoms with Gasteiger partial charge in [0.05, 0.1) is 5.56 Å². The molecule has 4 aromatic rings. The van der Waals surface area contributed by atoms with Crippen LogP contribution in [0.1, 0.15) is 22.3 Å². The predicted octanol–water partition coefficient (Wildman–Crippen LogP) is 5.71. The average Bonchev–Trinajstić information content (AvgIpc) is 2.69. The lowest BCUT2D eigenvalue weighted by Gasteiger charge is -2.24. The normalized spacial score (nSPS) is 12.7. The highest BCUT2D eigenvalue weighted by Gasteiger charge is 2.25. The molecule has 0 bridgehead atoms. The number of hydrogen-bond donors (Lipinski definition) is 0. The minimum atomic E-state index is 1.10. The third-order valence-corrected chi connectivity index (χ3v) is 6.01. The molecule has 0 atom stereocenters. The fraction of sp³-hybridized carbons (Fsp3) is 0.192. The first-order valence-electron chi connectivity index (χ1n) is 9.73. The zero-order chi connectivity index (χ0) is 18.5. The topological polar surface area (TPSA) is 3.88 Å². The number of pyridine rings is 1. The number of fused-ring (bicyclic) bond motifs is 5. The van der Waals surface area contributed by atoms with Gasteiger partial charge in [-0.2, -0.15) is 0 Å². The van der Waals surface area contributed by atoms with Crippen molar-refractivity contribution in [1.82, 2.24) is 0 Å². The Morgan fingerprint density at radius 2 is 1.67 bits per heavy atom. The highest BCUT2D eigenvalue weighted by atomic mass is 14.9. The summed E-state index contributed by atoms with van der Waals surface area (Å²) in [4.78, 5) is 0. The molecule has 0 spiro atoms. The lowest BCUT2D eigenvalue weighted by atomic mass is 9.79. The molecule has 1 aliphatic rings. The van der Waals surface area contributed by atoms with E-state index in [4.69, 9.17) is 0 Å². The van der Waals surface area contributed by atoms with Crippen molar-refractivity contribution in [2.75, 3.05) is 0 Å². The van der Waals surface area contributed by atoms with Gasteiger partial charge in [0.2, 0.25) is 5.69 Å². The minimum Gasteiger partial charge on any atom is -0.201 e. The second-order valence-corrected chi connectivity index (χ2v) is 7.80. The van der Waals surface area contributed by atoms with E-state index >= 15 is 0 Å². The molecule has 1 heteroatoms. The lowest BCUT2D eigenvalue weighted by molar-refractivity contribution is -0.660. The van der Waals surface area contributed by atoms with Crippen LogP contribution in [0.15, 0.2) is 66.9 Å². The van der Waals surface area contributed by atoms with Gasteiger partial charge in [0, 0.05) is 12.1 Å². The van der Waals surface area contributed by atoms with E-state index in [1.54, 1.807) is 0 Å².